The molecule has 0 bridgehead atoms. The SMILES string of the molecule is CCO[C@@H](CC(=O)O)c1ccc(OCc2ccc(F)c(-c3ccc(OC[C@H]4CCC(=O)N4)nc3C)c2)cc1. The van der Waals surface area contributed by atoms with Crippen molar-refractivity contribution in [2.75, 3.05) is 13.2 Å². The Bertz CT molecular complexity index is 1280. The number of aromatic nitrogens is 1. The highest BCUT2D eigenvalue weighted by Crippen LogP contribution is 2.29. The second kappa shape index (κ2) is 12.5. The molecule has 38 heavy (non-hydrogen) atoms. The highest BCUT2D eigenvalue weighted by Gasteiger charge is 2.21. The molecule has 2 atom stereocenters. The van der Waals surface area contributed by atoms with Crippen LogP contribution in [0, 0.1) is 12.7 Å². The molecule has 4 rings (SSSR count). The Labute approximate surface area is 220 Å². The van der Waals surface area contributed by atoms with Crippen LogP contribution in [0.2, 0.25) is 0 Å². The first-order chi connectivity index (χ1) is 18.3. The molecule has 2 aromatic carbocycles. The summed E-state index contributed by atoms with van der Waals surface area (Å²) in [6.45, 7) is 4.59. The molecule has 200 valence electrons. The van der Waals surface area contributed by atoms with Crippen LogP contribution < -0.4 is 14.8 Å². The molecule has 2 heterocycles. The van der Waals surface area contributed by atoms with E-state index in [-0.39, 0.29) is 30.8 Å². The molecule has 2 N–H and O–H groups in total. The molecule has 1 aliphatic heterocycles. The van der Waals surface area contributed by atoms with E-state index in [0.717, 1.165) is 17.5 Å². The summed E-state index contributed by atoms with van der Waals surface area (Å²) in [5.74, 6) is -0.248. The number of aryl methyl sites for hydroxylation is 1. The van der Waals surface area contributed by atoms with Gasteiger partial charge in [0.05, 0.1) is 18.6 Å². The van der Waals surface area contributed by atoms with E-state index in [1.165, 1.54) is 6.07 Å². The number of ether oxygens (including phenoxy) is 3. The topological polar surface area (TPSA) is 107 Å². The van der Waals surface area contributed by atoms with Gasteiger partial charge < -0.3 is 24.6 Å². The predicted molar refractivity (Wildman–Crippen MR) is 138 cm³/mol. The van der Waals surface area contributed by atoms with Crippen molar-refractivity contribution in [3.8, 4) is 22.8 Å². The number of halogens is 1. The molecule has 9 heteroatoms. The molecule has 0 radical (unpaired) electrons. The van der Waals surface area contributed by atoms with E-state index in [1.807, 2.05) is 6.92 Å². The third kappa shape index (κ3) is 7.07. The van der Waals surface area contributed by atoms with Crippen molar-refractivity contribution < 1.29 is 33.3 Å². The van der Waals surface area contributed by atoms with E-state index >= 15 is 0 Å². The summed E-state index contributed by atoms with van der Waals surface area (Å²) in [6, 6.07) is 15.4. The highest BCUT2D eigenvalue weighted by molar-refractivity contribution is 5.78. The number of carboxylic acid groups (broad SMARTS) is 1. The van der Waals surface area contributed by atoms with E-state index in [0.29, 0.717) is 48.1 Å². The van der Waals surface area contributed by atoms with Crippen LogP contribution in [0.5, 0.6) is 11.6 Å². The van der Waals surface area contributed by atoms with Crippen LogP contribution in [-0.4, -0.2) is 41.2 Å². The number of aliphatic carboxylic acids is 1. The fraction of sp³-hybridized carbons (Fsp3) is 0.345. The van der Waals surface area contributed by atoms with Crippen molar-refractivity contribution in [3.63, 3.8) is 0 Å². The van der Waals surface area contributed by atoms with Crippen LogP contribution in [-0.2, 0) is 20.9 Å². The third-order valence-electron chi connectivity index (χ3n) is 6.28. The molecule has 0 aliphatic carbocycles. The van der Waals surface area contributed by atoms with Crippen molar-refractivity contribution in [1.29, 1.82) is 0 Å². The van der Waals surface area contributed by atoms with Gasteiger partial charge in [0.15, 0.2) is 0 Å². The molecule has 8 nitrogen and oxygen atoms in total. The Morgan fingerprint density at radius 3 is 2.58 bits per heavy atom. The third-order valence-corrected chi connectivity index (χ3v) is 6.28. The van der Waals surface area contributed by atoms with Crippen molar-refractivity contribution >= 4 is 11.9 Å². The van der Waals surface area contributed by atoms with Gasteiger partial charge in [-0.15, -0.1) is 0 Å². The minimum absolute atomic E-state index is 0.0227. The maximum absolute atomic E-state index is 14.8. The van der Waals surface area contributed by atoms with Crippen molar-refractivity contribution in [1.82, 2.24) is 10.3 Å². The zero-order valence-electron chi connectivity index (χ0n) is 21.4. The second-order valence-corrected chi connectivity index (χ2v) is 9.11. The fourth-order valence-corrected chi connectivity index (χ4v) is 4.34. The summed E-state index contributed by atoms with van der Waals surface area (Å²) in [7, 11) is 0. The Kier molecular flexibility index (Phi) is 8.91. The Balaban J connectivity index is 1.40. The quantitative estimate of drug-likeness (QED) is 0.345. The van der Waals surface area contributed by atoms with Gasteiger partial charge in [-0.25, -0.2) is 9.37 Å². The van der Waals surface area contributed by atoms with Crippen LogP contribution in [0.3, 0.4) is 0 Å². The fourth-order valence-electron chi connectivity index (χ4n) is 4.34. The zero-order valence-corrected chi connectivity index (χ0v) is 21.4. The Morgan fingerprint density at radius 2 is 1.92 bits per heavy atom. The lowest BCUT2D eigenvalue weighted by molar-refractivity contribution is -0.140. The van der Waals surface area contributed by atoms with Crippen LogP contribution in [0.15, 0.2) is 54.6 Å². The number of hydrogen-bond acceptors (Lipinski definition) is 6. The lowest BCUT2D eigenvalue weighted by atomic mass is 10.0. The van der Waals surface area contributed by atoms with Gasteiger partial charge in [0.2, 0.25) is 11.8 Å². The largest absolute Gasteiger partial charge is 0.489 e. The summed E-state index contributed by atoms with van der Waals surface area (Å²) in [4.78, 5) is 26.9. The highest BCUT2D eigenvalue weighted by atomic mass is 19.1. The summed E-state index contributed by atoms with van der Waals surface area (Å²) >= 11 is 0. The molecule has 1 aromatic heterocycles. The number of rotatable bonds is 12. The van der Waals surface area contributed by atoms with Gasteiger partial charge in [-0.05, 0) is 61.7 Å². The van der Waals surface area contributed by atoms with Gasteiger partial charge >= 0.3 is 5.97 Å². The number of amides is 1. The van der Waals surface area contributed by atoms with Gasteiger partial charge in [0.1, 0.15) is 24.8 Å². The monoisotopic (exact) mass is 522 g/mol. The normalized spacial score (nSPS) is 15.7. The van der Waals surface area contributed by atoms with Crippen LogP contribution >= 0.6 is 0 Å². The standard InChI is InChI=1S/C29H31FN2O6/c1-3-36-26(15-29(34)35)20-5-8-22(9-6-20)37-16-19-4-11-25(30)24(14-19)23-10-13-28(31-18(23)2)38-17-21-7-12-27(33)32-21/h4-6,8-11,13-14,21,26H,3,7,12,15-17H2,1-2H3,(H,32,33)(H,34,35)/t21-,26+/m1/s1. The first-order valence-electron chi connectivity index (χ1n) is 12.6. The number of nitrogens with zero attached hydrogens (tertiary/aromatic N) is 1. The van der Waals surface area contributed by atoms with Crippen LogP contribution in [0.1, 0.15) is 49.1 Å². The number of hydrogen-bond donors (Lipinski definition) is 2. The molecule has 0 saturated carbocycles. The Morgan fingerprint density at radius 1 is 1.13 bits per heavy atom. The second-order valence-electron chi connectivity index (χ2n) is 9.11. The van der Waals surface area contributed by atoms with E-state index in [1.54, 1.807) is 55.5 Å². The minimum Gasteiger partial charge on any atom is -0.489 e. The smallest absolute Gasteiger partial charge is 0.306 e. The van der Waals surface area contributed by atoms with Crippen molar-refractivity contribution in [2.45, 2.75) is 51.9 Å². The van der Waals surface area contributed by atoms with Crippen molar-refractivity contribution in [2.24, 2.45) is 0 Å². The number of nitrogens with one attached hydrogen (secondary N) is 1. The molecule has 1 fully saturated rings. The molecule has 0 spiro atoms. The van der Waals surface area contributed by atoms with Gasteiger partial charge in [-0.1, -0.05) is 18.2 Å². The summed E-state index contributed by atoms with van der Waals surface area (Å²) < 4.78 is 31.9. The number of benzene rings is 2. The average molecular weight is 523 g/mol. The lowest BCUT2D eigenvalue weighted by Gasteiger charge is -2.16. The first kappa shape index (κ1) is 27.1. The maximum atomic E-state index is 14.8. The number of carbonyl (C=O) groups excluding carboxylic acids is 1. The van der Waals surface area contributed by atoms with E-state index < -0.39 is 12.1 Å². The van der Waals surface area contributed by atoms with Gasteiger partial charge in [-0.3, -0.25) is 9.59 Å². The zero-order chi connectivity index (χ0) is 27.1. The molecule has 1 saturated heterocycles. The summed E-state index contributed by atoms with van der Waals surface area (Å²) in [5.41, 5.74) is 3.22. The molecule has 0 unspecified atom stereocenters. The summed E-state index contributed by atoms with van der Waals surface area (Å²) in [6.07, 6.45) is 0.597. The van der Waals surface area contributed by atoms with Gasteiger partial charge in [0.25, 0.3) is 0 Å². The minimum atomic E-state index is -0.928. The number of carbonyl (C=O) groups is 2. The molecular formula is C29H31FN2O6. The van der Waals surface area contributed by atoms with Crippen LogP contribution in [0.4, 0.5) is 4.39 Å². The summed E-state index contributed by atoms with van der Waals surface area (Å²) in [5, 5.41) is 12.0. The number of carboxylic acids is 1. The molecule has 3 aromatic rings. The predicted octanol–water partition coefficient (Wildman–Crippen LogP) is 4.98. The van der Waals surface area contributed by atoms with Crippen molar-refractivity contribution in [3.05, 3.63) is 77.2 Å². The molecule has 1 amide bonds. The van der Waals surface area contributed by atoms with Gasteiger partial charge in [-0.2, -0.15) is 0 Å². The molecular weight excluding hydrogens is 491 g/mol. The molecule has 1 aliphatic rings. The van der Waals surface area contributed by atoms with E-state index in [2.05, 4.69) is 10.3 Å². The van der Waals surface area contributed by atoms with E-state index in [4.69, 9.17) is 19.3 Å². The van der Waals surface area contributed by atoms with Crippen LogP contribution in [0.25, 0.3) is 11.1 Å². The number of pyridine rings is 1. The lowest BCUT2D eigenvalue weighted by Crippen LogP contribution is -2.31. The average Bonchev–Trinajstić information content (AvgIpc) is 3.32. The Hall–Kier alpha value is -3.98. The first-order valence-corrected chi connectivity index (χ1v) is 12.6. The maximum Gasteiger partial charge on any atom is 0.306 e. The van der Waals surface area contributed by atoms with Gasteiger partial charge in [0, 0.05) is 35.9 Å². The van der Waals surface area contributed by atoms with E-state index in [9.17, 15) is 14.0 Å².